The molecule has 2 rings (SSSR count). The highest BCUT2D eigenvalue weighted by atomic mass is 16.5. The fraction of sp³-hybridized carbons (Fsp3) is 0.400. The van der Waals surface area contributed by atoms with Gasteiger partial charge in [0, 0.05) is 46.1 Å². The molecule has 0 saturated carbocycles. The van der Waals surface area contributed by atoms with Gasteiger partial charge in [0.1, 0.15) is 6.61 Å². The molecule has 0 bridgehead atoms. The third kappa shape index (κ3) is 6.04. The number of aromatic nitrogens is 1. The monoisotopic (exact) mass is 356 g/mol. The predicted octanol–water partition coefficient (Wildman–Crippen LogP) is 2.62. The van der Waals surface area contributed by atoms with Gasteiger partial charge >= 0.3 is 0 Å². The van der Waals surface area contributed by atoms with Crippen molar-refractivity contribution in [3.63, 3.8) is 0 Å². The molecule has 6 nitrogen and oxygen atoms in total. The van der Waals surface area contributed by atoms with Crippen LogP contribution in [0.5, 0.6) is 5.88 Å². The second kappa shape index (κ2) is 10.4. The van der Waals surface area contributed by atoms with E-state index < -0.39 is 0 Å². The summed E-state index contributed by atoms with van der Waals surface area (Å²) in [6.45, 7) is 4.46. The van der Waals surface area contributed by atoms with Crippen molar-refractivity contribution in [3.05, 3.63) is 59.3 Å². The molecule has 0 atom stereocenters. The van der Waals surface area contributed by atoms with E-state index in [1.807, 2.05) is 19.2 Å². The Morgan fingerprint density at radius 2 is 1.96 bits per heavy atom. The van der Waals surface area contributed by atoms with Crippen molar-refractivity contribution in [2.45, 2.75) is 20.0 Å². The minimum atomic E-state index is 0.475. The summed E-state index contributed by atoms with van der Waals surface area (Å²) in [7, 11) is 5.46. The average molecular weight is 356 g/mol. The first-order chi connectivity index (χ1) is 12.6. The Morgan fingerprint density at radius 1 is 1.19 bits per heavy atom. The van der Waals surface area contributed by atoms with E-state index in [0.717, 1.165) is 18.1 Å². The molecule has 0 aliphatic carbocycles. The van der Waals surface area contributed by atoms with E-state index in [1.165, 1.54) is 11.1 Å². The summed E-state index contributed by atoms with van der Waals surface area (Å²) in [6.07, 6.45) is 1.73. The highest BCUT2D eigenvalue weighted by Crippen LogP contribution is 2.14. The van der Waals surface area contributed by atoms with Crippen molar-refractivity contribution in [3.8, 4) is 5.88 Å². The Labute approximate surface area is 155 Å². The van der Waals surface area contributed by atoms with Crippen LogP contribution in [0.15, 0.2) is 47.6 Å². The van der Waals surface area contributed by atoms with Gasteiger partial charge in [0.15, 0.2) is 5.96 Å². The van der Waals surface area contributed by atoms with Crippen molar-refractivity contribution in [2.75, 3.05) is 34.4 Å². The van der Waals surface area contributed by atoms with Gasteiger partial charge < -0.3 is 19.7 Å². The Balaban J connectivity index is 1.95. The Bertz CT molecular complexity index is 701. The summed E-state index contributed by atoms with van der Waals surface area (Å²) >= 11 is 0. The largest absolute Gasteiger partial charge is 0.475 e. The van der Waals surface area contributed by atoms with Crippen LogP contribution in [0.4, 0.5) is 0 Å². The van der Waals surface area contributed by atoms with Crippen LogP contribution in [-0.2, 0) is 17.8 Å². The fourth-order valence-electron chi connectivity index (χ4n) is 2.51. The average Bonchev–Trinajstić information content (AvgIpc) is 2.65. The first kappa shape index (κ1) is 19.7. The third-order valence-corrected chi connectivity index (χ3v) is 3.93. The van der Waals surface area contributed by atoms with Gasteiger partial charge in [-0.3, -0.25) is 4.99 Å². The predicted molar refractivity (Wildman–Crippen MR) is 104 cm³/mol. The van der Waals surface area contributed by atoms with Gasteiger partial charge in [0.25, 0.3) is 0 Å². The number of rotatable bonds is 8. The van der Waals surface area contributed by atoms with E-state index in [1.54, 1.807) is 20.4 Å². The van der Waals surface area contributed by atoms with E-state index in [4.69, 9.17) is 9.47 Å². The van der Waals surface area contributed by atoms with Crippen molar-refractivity contribution in [2.24, 2.45) is 4.99 Å². The number of aliphatic imine (C=N–C) groups is 1. The van der Waals surface area contributed by atoms with E-state index in [-0.39, 0.29) is 0 Å². The topological polar surface area (TPSA) is 59.0 Å². The lowest BCUT2D eigenvalue weighted by atomic mass is 10.1. The lowest BCUT2D eigenvalue weighted by Gasteiger charge is -2.22. The second-order valence-electron chi connectivity index (χ2n) is 6.05. The van der Waals surface area contributed by atoms with Crippen molar-refractivity contribution in [1.29, 1.82) is 0 Å². The Morgan fingerprint density at radius 3 is 2.65 bits per heavy atom. The molecule has 1 N–H and O–H groups in total. The maximum atomic E-state index is 5.68. The number of nitrogens with one attached hydrogen (secondary N) is 1. The van der Waals surface area contributed by atoms with E-state index in [9.17, 15) is 0 Å². The van der Waals surface area contributed by atoms with Gasteiger partial charge in [0.2, 0.25) is 5.88 Å². The number of ether oxygens (including phenoxy) is 2. The van der Waals surface area contributed by atoms with Gasteiger partial charge in [-0.25, -0.2) is 4.98 Å². The molecule has 0 amide bonds. The zero-order valence-electron chi connectivity index (χ0n) is 16.0. The third-order valence-electron chi connectivity index (χ3n) is 3.93. The first-order valence-corrected chi connectivity index (χ1v) is 8.67. The van der Waals surface area contributed by atoms with Crippen molar-refractivity contribution < 1.29 is 9.47 Å². The van der Waals surface area contributed by atoms with Crippen LogP contribution in [0.25, 0.3) is 0 Å². The summed E-state index contributed by atoms with van der Waals surface area (Å²) in [6, 6.07) is 12.4. The number of hydrogen-bond donors (Lipinski definition) is 1. The van der Waals surface area contributed by atoms with Crippen LogP contribution >= 0.6 is 0 Å². The number of benzene rings is 1. The van der Waals surface area contributed by atoms with Crippen molar-refractivity contribution >= 4 is 5.96 Å². The summed E-state index contributed by atoms with van der Waals surface area (Å²) < 4.78 is 10.7. The SMILES string of the molecule is CN=C(NCc1cccnc1OCCOC)N(C)Cc1ccc(C)cc1. The van der Waals surface area contributed by atoms with Crippen molar-refractivity contribution in [1.82, 2.24) is 15.2 Å². The molecule has 0 aliphatic rings. The molecule has 6 heteroatoms. The molecule has 0 aliphatic heterocycles. The summed E-state index contributed by atoms with van der Waals surface area (Å²) in [4.78, 5) is 10.8. The zero-order valence-corrected chi connectivity index (χ0v) is 16.0. The molecule has 1 aromatic carbocycles. The van der Waals surface area contributed by atoms with Crippen LogP contribution in [0.3, 0.4) is 0 Å². The Kier molecular flexibility index (Phi) is 7.89. The zero-order chi connectivity index (χ0) is 18.8. The number of hydrogen-bond acceptors (Lipinski definition) is 4. The smallest absolute Gasteiger partial charge is 0.218 e. The maximum absolute atomic E-state index is 5.68. The lowest BCUT2D eigenvalue weighted by Crippen LogP contribution is -2.38. The molecule has 140 valence electrons. The van der Waals surface area contributed by atoms with E-state index >= 15 is 0 Å². The fourth-order valence-corrected chi connectivity index (χ4v) is 2.51. The van der Waals surface area contributed by atoms with Crippen LogP contribution in [0, 0.1) is 6.92 Å². The molecule has 26 heavy (non-hydrogen) atoms. The number of guanidine groups is 1. The Hall–Kier alpha value is -2.60. The quantitative estimate of drug-likeness (QED) is 0.448. The highest BCUT2D eigenvalue weighted by Gasteiger charge is 2.09. The molecular weight excluding hydrogens is 328 g/mol. The molecule has 0 fully saturated rings. The van der Waals surface area contributed by atoms with Gasteiger partial charge in [-0.15, -0.1) is 0 Å². The second-order valence-corrected chi connectivity index (χ2v) is 6.05. The summed E-state index contributed by atoms with van der Waals surface area (Å²) in [5, 5.41) is 3.37. The van der Waals surface area contributed by atoms with Crippen LogP contribution in [0.1, 0.15) is 16.7 Å². The van der Waals surface area contributed by atoms with Crippen LogP contribution in [0.2, 0.25) is 0 Å². The number of methoxy groups -OCH3 is 1. The van der Waals surface area contributed by atoms with E-state index in [2.05, 4.69) is 51.4 Å². The maximum Gasteiger partial charge on any atom is 0.218 e. The molecule has 1 aromatic heterocycles. The normalized spacial score (nSPS) is 11.3. The molecule has 0 spiro atoms. The van der Waals surface area contributed by atoms with Gasteiger partial charge in [-0.05, 0) is 18.6 Å². The molecule has 2 aromatic rings. The number of nitrogens with zero attached hydrogens (tertiary/aromatic N) is 3. The van der Waals surface area contributed by atoms with Gasteiger partial charge in [0.05, 0.1) is 6.61 Å². The lowest BCUT2D eigenvalue weighted by molar-refractivity contribution is 0.143. The molecule has 0 saturated heterocycles. The van der Waals surface area contributed by atoms with Crippen LogP contribution < -0.4 is 10.1 Å². The molecule has 0 unspecified atom stereocenters. The molecular formula is C20H28N4O2. The first-order valence-electron chi connectivity index (χ1n) is 8.67. The minimum absolute atomic E-state index is 0.475. The highest BCUT2D eigenvalue weighted by molar-refractivity contribution is 5.79. The summed E-state index contributed by atoms with van der Waals surface area (Å²) in [5.41, 5.74) is 3.48. The van der Waals surface area contributed by atoms with Crippen LogP contribution in [-0.4, -0.2) is 50.3 Å². The number of aryl methyl sites for hydroxylation is 1. The van der Waals surface area contributed by atoms with E-state index in [0.29, 0.717) is 25.6 Å². The minimum Gasteiger partial charge on any atom is -0.475 e. The number of pyridine rings is 1. The molecule has 1 heterocycles. The van der Waals surface area contributed by atoms with Gasteiger partial charge in [-0.1, -0.05) is 35.9 Å². The van der Waals surface area contributed by atoms with Gasteiger partial charge in [-0.2, -0.15) is 0 Å². The standard InChI is InChI=1S/C20H28N4O2/c1-16-7-9-17(10-8-16)15-24(3)20(21-2)23-14-18-6-5-11-22-19(18)26-13-12-25-4/h5-11H,12-15H2,1-4H3,(H,21,23). The molecule has 0 radical (unpaired) electrons. The summed E-state index contributed by atoms with van der Waals surface area (Å²) in [5.74, 6) is 1.44.